The molecule has 1 fully saturated rings. The second kappa shape index (κ2) is 8.55. The Morgan fingerprint density at radius 2 is 1.89 bits per heavy atom. The van der Waals surface area contributed by atoms with Crippen molar-refractivity contribution in [2.24, 2.45) is 0 Å². The van der Waals surface area contributed by atoms with Crippen LogP contribution in [0.1, 0.15) is 64.3 Å². The Bertz CT molecular complexity index is 698. The molecule has 0 saturated heterocycles. The van der Waals surface area contributed by atoms with Gasteiger partial charge < -0.3 is 19.7 Å². The van der Waals surface area contributed by atoms with Crippen LogP contribution in [-0.4, -0.2) is 52.2 Å². The molecule has 0 unspecified atom stereocenters. The zero-order valence-corrected chi connectivity index (χ0v) is 17.2. The van der Waals surface area contributed by atoms with Crippen molar-refractivity contribution in [3.63, 3.8) is 0 Å². The highest BCUT2D eigenvalue weighted by Gasteiger charge is 2.28. The Morgan fingerprint density at radius 1 is 1.18 bits per heavy atom. The predicted octanol–water partition coefficient (Wildman–Crippen LogP) is 2.16. The van der Waals surface area contributed by atoms with Crippen LogP contribution in [0.4, 0.5) is 0 Å². The summed E-state index contributed by atoms with van der Waals surface area (Å²) in [5.41, 5.74) is 7.21. The van der Waals surface area contributed by atoms with Gasteiger partial charge in [-0.2, -0.15) is 0 Å². The van der Waals surface area contributed by atoms with Gasteiger partial charge in [0, 0.05) is 30.1 Å². The molecule has 8 nitrogen and oxygen atoms in total. The molecular formula is C20H31N5O3. The first kappa shape index (κ1) is 20.7. The summed E-state index contributed by atoms with van der Waals surface area (Å²) >= 11 is 0. The van der Waals surface area contributed by atoms with Crippen LogP contribution < -0.4 is 11.0 Å². The Labute approximate surface area is 166 Å². The zero-order valence-electron chi connectivity index (χ0n) is 17.2. The molecule has 2 N–H and O–H groups in total. The lowest BCUT2D eigenvalue weighted by Gasteiger charge is -2.33. The van der Waals surface area contributed by atoms with Crippen molar-refractivity contribution in [3.05, 3.63) is 30.0 Å². The maximum atomic E-state index is 10.5. The smallest absolute Gasteiger partial charge is 0.145 e. The zero-order chi connectivity index (χ0) is 20.2. The number of hydrogen-bond donors (Lipinski definition) is 2. The minimum Gasteiger partial charge on any atom is -0.371 e. The second-order valence-electron chi connectivity index (χ2n) is 8.65. The molecule has 28 heavy (non-hydrogen) atoms. The summed E-state index contributed by atoms with van der Waals surface area (Å²) in [6, 6.07) is 0. The molecule has 3 rings (SSSR count). The predicted molar refractivity (Wildman–Crippen MR) is 106 cm³/mol. The van der Waals surface area contributed by atoms with E-state index in [1.807, 2.05) is 51.3 Å². The molecule has 1 saturated carbocycles. The molecule has 1 aliphatic carbocycles. The van der Waals surface area contributed by atoms with E-state index in [0.29, 0.717) is 19.1 Å². The Kier molecular flexibility index (Phi) is 6.32. The van der Waals surface area contributed by atoms with Crippen LogP contribution in [0.3, 0.4) is 0 Å². The number of aldehydes is 1. The molecule has 0 spiro atoms. The second-order valence-corrected chi connectivity index (χ2v) is 8.65. The SMILES string of the molecule is CC(C)(COC(C)(C)CN1C=C(c2cnc(C3CCC3)nc2)NN1)OCC=O. The molecule has 0 atom stereocenters. The summed E-state index contributed by atoms with van der Waals surface area (Å²) in [6.07, 6.45) is 10.2. The lowest BCUT2D eigenvalue weighted by atomic mass is 9.85. The third kappa shape index (κ3) is 5.50. The Hall–Kier alpha value is -2.03. The fraction of sp³-hybridized carbons (Fsp3) is 0.650. The molecule has 1 aliphatic heterocycles. The fourth-order valence-corrected chi connectivity index (χ4v) is 3.06. The normalized spacial score (nSPS) is 17.9. The van der Waals surface area contributed by atoms with E-state index in [9.17, 15) is 4.79 Å². The molecule has 2 aliphatic rings. The van der Waals surface area contributed by atoms with Gasteiger partial charge in [-0.15, -0.1) is 5.53 Å². The molecule has 154 valence electrons. The van der Waals surface area contributed by atoms with Crippen LogP contribution >= 0.6 is 0 Å². The van der Waals surface area contributed by atoms with E-state index >= 15 is 0 Å². The Morgan fingerprint density at radius 3 is 2.50 bits per heavy atom. The van der Waals surface area contributed by atoms with Gasteiger partial charge in [0.2, 0.25) is 0 Å². The molecule has 1 aromatic heterocycles. The van der Waals surface area contributed by atoms with Crippen LogP contribution in [0.2, 0.25) is 0 Å². The van der Waals surface area contributed by atoms with Crippen molar-refractivity contribution >= 4 is 12.0 Å². The minimum atomic E-state index is -0.518. The number of ether oxygens (including phenoxy) is 2. The first-order valence-corrected chi connectivity index (χ1v) is 9.82. The van der Waals surface area contributed by atoms with E-state index in [-0.39, 0.29) is 6.61 Å². The lowest BCUT2D eigenvalue weighted by molar-refractivity contribution is -0.136. The van der Waals surface area contributed by atoms with Crippen molar-refractivity contribution in [2.45, 2.75) is 64.1 Å². The van der Waals surface area contributed by atoms with Gasteiger partial charge in [-0.1, -0.05) is 6.42 Å². The van der Waals surface area contributed by atoms with Gasteiger partial charge in [0.1, 0.15) is 18.7 Å². The number of nitrogens with zero attached hydrogens (tertiary/aromatic N) is 3. The van der Waals surface area contributed by atoms with Crippen LogP contribution in [0.15, 0.2) is 18.6 Å². The van der Waals surface area contributed by atoms with Crippen LogP contribution in [0, 0.1) is 0 Å². The van der Waals surface area contributed by atoms with Crippen molar-refractivity contribution in [1.29, 1.82) is 0 Å². The highest BCUT2D eigenvalue weighted by Crippen LogP contribution is 2.34. The number of carbonyl (C=O) groups excluding carboxylic acids is 1. The number of rotatable bonds is 10. The number of carbonyl (C=O) groups is 1. The number of aromatic nitrogens is 2. The maximum absolute atomic E-state index is 10.5. The molecule has 2 heterocycles. The largest absolute Gasteiger partial charge is 0.371 e. The molecule has 8 heteroatoms. The van der Waals surface area contributed by atoms with E-state index in [2.05, 4.69) is 20.9 Å². The summed E-state index contributed by atoms with van der Waals surface area (Å²) < 4.78 is 11.5. The van der Waals surface area contributed by atoms with Gasteiger partial charge >= 0.3 is 0 Å². The Balaban J connectivity index is 1.53. The van der Waals surface area contributed by atoms with Gasteiger partial charge in [-0.3, -0.25) is 5.01 Å². The van der Waals surface area contributed by atoms with Gasteiger partial charge in [-0.05, 0) is 40.5 Å². The van der Waals surface area contributed by atoms with Crippen LogP contribution in [-0.2, 0) is 14.3 Å². The van der Waals surface area contributed by atoms with Gasteiger partial charge in [0.25, 0.3) is 0 Å². The van der Waals surface area contributed by atoms with Gasteiger partial charge in [-0.25, -0.2) is 9.97 Å². The third-order valence-corrected chi connectivity index (χ3v) is 4.98. The highest BCUT2D eigenvalue weighted by atomic mass is 16.6. The molecule has 0 bridgehead atoms. The first-order valence-electron chi connectivity index (χ1n) is 9.82. The monoisotopic (exact) mass is 389 g/mol. The highest BCUT2D eigenvalue weighted by molar-refractivity contribution is 5.62. The maximum Gasteiger partial charge on any atom is 0.145 e. The van der Waals surface area contributed by atoms with Crippen molar-refractivity contribution < 1.29 is 14.3 Å². The summed E-state index contributed by atoms with van der Waals surface area (Å²) in [6.45, 7) is 8.94. The summed E-state index contributed by atoms with van der Waals surface area (Å²) in [5, 5.41) is 1.94. The van der Waals surface area contributed by atoms with Crippen molar-refractivity contribution in [3.8, 4) is 0 Å². The molecule has 0 radical (unpaired) electrons. The quantitative estimate of drug-likeness (QED) is 0.589. The molecule has 0 aromatic carbocycles. The number of nitrogens with one attached hydrogen (secondary N) is 2. The van der Waals surface area contributed by atoms with Crippen molar-refractivity contribution in [2.75, 3.05) is 19.8 Å². The van der Waals surface area contributed by atoms with E-state index < -0.39 is 11.2 Å². The van der Waals surface area contributed by atoms with E-state index in [1.165, 1.54) is 19.3 Å². The van der Waals surface area contributed by atoms with E-state index in [4.69, 9.17) is 9.47 Å². The first-order chi connectivity index (χ1) is 13.3. The van der Waals surface area contributed by atoms with Gasteiger partial charge in [0.05, 0.1) is 30.1 Å². The summed E-state index contributed by atoms with van der Waals surface area (Å²) in [4.78, 5) is 19.5. The summed E-state index contributed by atoms with van der Waals surface area (Å²) in [5.74, 6) is 1.49. The van der Waals surface area contributed by atoms with Crippen LogP contribution in [0.5, 0.6) is 0 Å². The molecule has 0 amide bonds. The number of hydrazine groups is 2. The van der Waals surface area contributed by atoms with Gasteiger partial charge in [0.15, 0.2) is 0 Å². The van der Waals surface area contributed by atoms with Crippen molar-refractivity contribution in [1.82, 2.24) is 25.9 Å². The van der Waals surface area contributed by atoms with E-state index in [1.54, 1.807) is 0 Å². The van der Waals surface area contributed by atoms with Crippen LogP contribution in [0.25, 0.3) is 5.70 Å². The third-order valence-electron chi connectivity index (χ3n) is 4.98. The number of hydrogen-bond acceptors (Lipinski definition) is 8. The minimum absolute atomic E-state index is 0.0715. The standard InChI is InChI=1S/C20H31N5O3/c1-19(2,28-14-20(3,4)27-9-8-26)13-25-12-17(23-24-25)16-10-21-18(22-11-16)15-6-5-7-15/h8,10-12,15,23-24H,5-7,9,13-14H2,1-4H3. The topological polar surface area (TPSA) is 88.6 Å². The average molecular weight is 390 g/mol. The molecule has 1 aromatic rings. The summed E-state index contributed by atoms with van der Waals surface area (Å²) in [7, 11) is 0. The molecular weight excluding hydrogens is 358 g/mol. The average Bonchev–Trinajstić information content (AvgIpc) is 3.05. The fourth-order valence-electron chi connectivity index (χ4n) is 3.06. The van der Waals surface area contributed by atoms with E-state index in [0.717, 1.165) is 23.4 Å². The lowest BCUT2D eigenvalue weighted by Crippen LogP contribution is -2.47.